The van der Waals surface area contributed by atoms with Crippen LogP contribution in [0.5, 0.6) is 0 Å². The number of likely N-dealkylation sites (tertiary alicyclic amines) is 1. The first kappa shape index (κ1) is 13.1. The van der Waals surface area contributed by atoms with Crippen LogP contribution in [0.4, 0.5) is 0 Å². The molecule has 1 aromatic rings. The van der Waals surface area contributed by atoms with Gasteiger partial charge in [-0.1, -0.05) is 19.1 Å². The van der Waals surface area contributed by atoms with Crippen molar-refractivity contribution in [3.05, 3.63) is 29.8 Å². The molecule has 0 aliphatic carbocycles. The Morgan fingerprint density at radius 1 is 1.22 bits per heavy atom. The molecule has 1 aromatic carbocycles. The van der Waals surface area contributed by atoms with Crippen molar-refractivity contribution in [2.45, 2.75) is 37.5 Å². The summed E-state index contributed by atoms with van der Waals surface area (Å²) >= 11 is 1.55. The monoisotopic (exact) mass is 263 g/mol. The van der Waals surface area contributed by atoms with Gasteiger partial charge < -0.3 is 0 Å². The quantitative estimate of drug-likeness (QED) is 0.619. The number of carbonyl (C=O) groups is 2. The molecule has 0 N–H and O–H groups in total. The Labute approximate surface area is 112 Å². The van der Waals surface area contributed by atoms with Gasteiger partial charge >= 0.3 is 0 Å². The van der Waals surface area contributed by atoms with Crippen LogP contribution in [0.1, 0.15) is 31.7 Å². The average molecular weight is 263 g/mol. The molecular formula is C14H17NO2S. The molecule has 1 saturated heterocycles. The lowest BCUT2D eigenvalue weighted by Crippen LogP contribution is -2.39. The van der Waals surface area contributed by atoms with Crippen molar-refractivity contribution in [3.63, 3.8) is 0 Å². The number of imide groups is 1. The van der Waals surface area contributed by atoms with E-state index in [9.17, 15) is 9.59 Å². The van der Waals surface area contributed by atoms with Gasteiger partial charge in [0.25, 0.3) is 0 Å². The van der Waals surface area contributed by atoms with E-state index in [0.29, 0.717) is 25.1 Å². The third-order valence-electron chi connectivity index (χ3n) is 3.05. The van der Waals surface area contributed by atoms with Gasteiger partial charge in [-0.25, -0.2) is 0 Å². The van der Waals surface area contributed by atoms with Crippen LogP contribution in [0.2, 0.25) is 0 Å². The van der Waals surface area contributed by atoms with Crippen LogP contribution in [0.25, 0.3) is 0 Å². The van der Waals surface area contributed by atoms with Crippen LogP contribution < -0.4 is 0 Å². The standard InChI is InChI=1S/C14H17NO2S/c1-2-11-5-3-6-12(9-11)18-10-15-13(16)7-4-8-14(15)17/h3,5-6,9H,2,4,7-8,10H2,1H3. The summed E-state index contributed by atoms with van der Waals surface area (Å²) in [4.78, 5) is 25.8. The van der Waals surface area contributed by atoms with Crippen LogP contribution in [0, 0.1) is 0 Å². The first-order chi connectivity index (χ1) is 8.70. The number of aryl methyl sites for hydroxylation is 1. The van der Waals surface area contributed by atoms with Crippen LogP contribution in [0.3, 0.4) is 0 Å². The molecular weight excluding hydrogens is 246 g/mol. The van der Waals surface area contributed by atoms with Crippen molar-refractivity contribution in [1.82, 2.24) is 4.90 Å². The van der Waals surface area contributed by atoms with Gasteiger partial charge in [0.2, 0.25) is 11.8 Å². The number of hydrogen-bond donors (Lipinski definition) is 0. The first-order valence-electron chi connectivity index (χ1n) is 6.25. The Kier molecular flexibility index (Phi) is 4.42. The minimum absolute atomic E-state index is 0.0367. The lowest BCUT2D eigenvalue weighted by Gasteiger charge is -2.24. The molecule has 0 aromatic heterocycles. The van der Waals surface area contributed by atoms with Gasteiger partial charge in [0.05, 0.1) is 5.88 Å². The van der Waals surface area contributed by atoms with Crippen LogP contribution in [-0.2, 0) is 16.0 Å². The number of carbonyl (C=O) groups excluding carboxylic acids is 2. The van der Waals surface area contributed by atoms with Crippen molar-refractivity contribution in [2.24, 2.45) is 0 Å². The molecule has 3 nitrogen and oxygen atoms in total. The smallest absolute Gasteiger partial charge is 0.229 e. The Bertz CT molecular complexity index is 443. The fraction of sp³-hybridized carbons (Fsp3) is 0.429. The largest absolute Gasteiger partial charge is 0.274 e. The van der Waals surface area contributed by atoms with Crippen LogP contribution >= 0.6 is 11.8 Å². The second kappa shape index (κ2) is 6.05. The van der Waals surface area contributed by atoms with Crippen molar-refractivity contribution in [3.8, 4) is 0 Å². The van der Waals surface area contributed by atoms with E-state index in [1.807, 2.05) is 12.1 Å². The number of piperidine rings is 1. The Balaban J connectivity index is 1.97. The molecule has 18 heavy (non-hydrogen) atoms. The highest BCUT2D eigenvalue weighted by atomic mass is 32.2. The van der Waals surface area contributed by atoms with Gasteiger partial charge in [0, 0.05) is 17.7 Å². The molecule has 0 spiro atoms. The lowest BCUT2D eigenvalue weighted by atomic mass is 10.1. The highest BCUT2D eigenvalue weighted by Gasteiger charge is 2.25. The molecule has 0 atom stereocenters. The normalized spacial score (nSPS) is 16.2. The first-order valence-corrected chi connectivity index (χ1v) is 7.24. The summed E-state index contributed by atoms with van der Waals surface area (Å²) in [5.41, 5.74) is 1.27. The van der Waals surface area contributed by atoms with Crippen molar-refractivity contribution < 1.29 is 9.59 Å². The predicted octanol–water partition coefficient (Wildman–Crippen LogP) is 2.84. The molecule has 0 saturated carbocycles. The minimum Gasteiger partial charge on any atom is -0.274 e. The fourth-order valence-corrected chi connectivity index (χ4v) is 2.91. The summed E-state index contributed by atoms with van der Waals surface area (Å²) in [6.45, 7) is 2.11. The van der Waals surface area contributed by atoms with Crippen molar-refractivity contribution >= 4 is 23.6 Å². The lowest BCUT2D eigenvalue weighted by molar-refractivity contribution is -0.146. The van der Waals surface area contributed by atoms with Gasteiger partial charge in [-0.3, -0.25) is 14.5 Å². The SMILES string of the molecule is CCc1cccc(SCN2C(=O)CCCC2=O)c1. The van der Waals surface area contributed by atoms with Crippen LogP contribution in [0.15, 0.2) is 29.2 Å². The number of hydrogen-bond acceptors (Lipinski definition) is 3. The maximum atomic E-state index is 11.6. The third-order valence-corrected chi connectivity index (χ3v) is 4.02. The van der Waals surface area contributed by atoms with E-state index in [1.165, 1.54) is 10.5 Å². The summed E-state index contributed by atoms with van der Waals surface area (Å²) in [7, 11) is 0. The van der Waals surface area contributed by atoms with Gasteiger partial charge in [-0.15, -0.1) is 11.8 Å². The van der Waals surface area contributed by atoms with Crippen molar-refractivity contribution in [1.29, 1.82) is 0 Å². The average Bonchev–Trinajstić information content (AvgIpc) is 2.38. The third kappa shape index (κ3) is 3.13. The summed E-state index contributed by atoms with van der Waals surface area (Å²) in [6.07, 6.45) is 2.70. The zero-order valence-corrected chi connectivity index (χ0v) is 11.3. The predicted molar refractivity (Wildman–Crippen MR) is 72.2 cm³/mol. The number of nitrogens with zero attached hydrogens (tertiary/aromatic N) is 1. The highest BCUT2D eigenvalue weighted by molar-refractivity contribution is 7.99. The van der Waals surface area contributed by atoms with Gasteiger partial charge in [0.15, 0.2) is 0 Å². The van der Waals surface area contributed by atoms with E-state index in [2.05, 4.69) is 19.1 Å². The second-order valence-corrected chi connectivity index (χ2v) is 5.36. The molecule has 0 radical (unpaired) electrons. The molecule has 0 unspecified atom stereocenters. The van der Waals surface area contributed by atoms with Crippen molar-refractivity contribution in [2.75, 3.05) is 5.88 Å². The maximum Gasteiger partial charge on any atom is 0.229 e. The molecule has 0 bridgehead atoms. The van der Waals surface area contributed by atoms with E-state index < -0.39 is 0 Å². The van der Waals surface area contributed by atoms with Crippen LogP contribution in [-0.4, -0.2) is 22.6 Å². The molecule has 96 valence electrons. The van der Waals surface area contributed by atoms with E-state index in [4.69, 9.17) is 0 Å². The molecule has 2 rings (SSSR count). The number of amides is 2. The van der Waals surface area contributed by atoms with Gasteiger partial charge in [-0.2, -0.15) is 0 Å². The van der Waals surface area contributed by atoms with E-state index in [1.54, 1.807) is 11.8 Å². The molecule has 1 fully saturated rings. The van der Waals surface area contributed by atoms with Gasteiger partial charge in [0.1, 0.15) is 0 Å². The summed E-state index contributed by atoms with van der Waals surface area (Å²) in [5.74, 6) is 0.362. The van der Waals surface area contributed by atoms with E-state index in [-0.39, 0.29) is 11.8 Å². The number of thioether (sulfide) groups is 1. The number of benzene rings is 1. The molecule has 1 aliphatic rings. The zero-order valence-electron chi connectivity index (χ0n) is 10.5. The summed E-state index contributed by atoms with van der Waals surface area (Å²) in [6, 6.07) is 8.23. The molecule has 2 amide bonds. The Hall–Kier alpha value is -1.29. The Morgan fingerprint density at radius 2 is 1.94 bits per heavy atom. The molecule has 1 aliphatic heterocycles. The van der Waals surface area contributed by atoms with E-state index in [0.717, 1.165) is 11.3 Å². The highest BCUT2D eigenvalue weighted by Crippen LogP contribution is 2.23. The number of rotatable bonds is 4. The Morgan fingerprint density at radius 3 is 2.61 bits per heavy atom. The molecule has 4 heteroatoms. The van der Waals surface area contributed by atoms with E-state index >= 15 is 0 Å². The summed E-state index contributed by atoms with van der Waals surface area (Å²) < 4.78 is 0. The summed E-state index contributed by atoms with van der Waals surface area (Å²) in [5, 5.41) is 0. The maximum absolute atomic E-state index is 11.6. The topological polar surface area (TPSA) is 37.4 Å². The fourth-order valence-electron chi connectivity index (χ4n) is 1.94. The van der Waals surface area contributed by atoms with Gasteiger partial charge in [-0.05, 0) is 30.5 Å². The molecule has 1 heterocycles. The second-order valence-electron chi connectivity index (χ2n) is 4.34. The zero-order chi connectivity index (χ0) is 13.0. The minimum atomic E-state index is -0.0367.